The summed E-state index contributed by atoms with van der Waals surface area (Å²) in [7, 11) is 0. The Balaban J connectivity index is 1.79. The van der Waals surface area contributed by atoms with Crippen molar-refractivity contribution in [1.29, 1.82) is 0 Å². The van der Waals surface area contributed by atoms with Crippen molar-refractivity contribution in [1.82, 2.24) is 5.16 Å². The Bertz CT molecular complexity index is 610. The summed E-state index contributed by atoms with van der Waals surface area (Å²) >= 11 is 3.42. The minimum absolute atomic E-state index is 0.0967. The van der Waals surface area contributed by atoms with Crippen LogP contribution in [0.15, 0.2) is 33.3 Å². The van der Waals surface area contributed by atoms with Crippen LogP contribution in [-0.4, -0.2) is 17.6 Å². The van der Waals surface area contributed by atoms with Gasteiger partial charge in [0.15, 0.2) is 5.82 Å². The third-order valence-corrected chi connectivity index (χ3v) is 3.24. The van der Waals surface area contributed by atoms with E-state index in [0.29, 0.717) is 24.5 Å². The maximum Gasteiger partial charge on any atom is 0.227 e. The number of hydrogen-bond donors (Lipinski definition) is 2. The maximum absolute atomic E-state index is 11.7. The Morgan fingerprint density at radius 2 is 2.15 bits per heavy atom. The number of carbonyl (C=O) groups excluding carboxylic acids is 1. The highest BCUT2D eigenvalue weighted by Crippen LogP contribution is 2.19. The van der Waals surface area contributed by atoms with Gasteiger partial charge in [-0.3, -0.25) is 4.79 Å². The quantitative estimate of drug-likeness (QED) is 0.876. The summed E-state index contributed by atoms with van der Waals surface area (Å²) in [5.41, 5.74) is 2.16. The van der Waals surface area contributed by atoms with E-state index in [1.807, 2.05) is 25.1 Å². The molecule has 1 aromatic carbocycles. The second kappa shape index (κ2) is 6.56. The number of amides is 1. The lowest BCUT2D eigenvalue weighted by molar-refractivity contribution is -0.116. The van der Waals surface area contributed by atoms with Crippen LogP contribution in [0.3, 0.4) is 0 Å². The van der Waals surface area contributed by atoms with Crippen LogP contribution in [0.5, 0.6) is 0 Å². The first-order chi connectivity index (χ1) is 9.54. The number of anilines is 2. The van der Waals surface area contributed by atoms with E-state index in [4.69, 9.17) is 4.52 Å². The summed E-state index contributed by atoms with van der Waals surface area (Å²) < 4.78 is 5.92. The van der Waals surface area contributed by atoms with Crippen LogP contribution in [0.1, 0.15) is 17.7 Å². The fourth-order valence-corrected chi connectivity index (χ4v) is 2.24. The molecule has 6 heteroatoms. The monoisotopic (exact) mass is 337 g/mol. The maximum atomic E-state index is 11.7. The molecule has 0 aliphatic carbocycles. The molecule has 0 bridgehead atoms. The van der Waals surface area contributed by atoms with E-state index in [0.717, 1.165) is 15.7 Å². The number of nitrogens with zero attached hydrogens (tertiary/aromatic N) is 1. The molecule has 0 atom stereocenters. The standard InChI is InChI=1S/C14H16BrN3O2/c1-9-7-11(15)3-4-12(9)16-6-5-14(19)17-13-8-10(2)20-18-13/h3-4,7-8,16H,5-6H2,1-2H3,(H,17,18,19). The Hall–Kier alpha value is -1.82. The van der Waals surface area contributed by atoms with Gasteiger partial charge in [-0.05, 0) is 37.6 Å². The molecule has 0 aliphatic rings. The van der Waals surface area contributed by atoms with Gasteiger partial charge in [0.2, 0.25) is 5.91 Å². The largest absolute Gasteiger partial charge is 0.384 e. The number of benzene rings is 1. The van der Waals surface area contributed by atoms with Crippen molar-refractivity contribution >= 4 is 33.3 Å². The van der Waals surface area contributed by atoms with E-state index in [-0.39, 0.29) is 5.91 Å². The highest BCUT2D eigenvalue weighted by atomic mass is 79.9. The topological polar surface area (TPSA) is 67.2 Å². The Morgan fingerprint density at radius 3 is 2.80 bits per heavy atom. The van der Waals surface area contributed by atoms with Crippen molar-refractivity contribution in [3.8, 4) is 0 Å². The van der Waals surface area contributed by atoms with E-state index in [1.54, 1.807) is 13.0 Å². The molecule has 1 heterocycles. The van der Waals surface area contributed by atoms with E-state index in [2.05, 4.69) is 31.7 Å². The number of hydrogen-bond acceptors (Lipinski definition) is 4. The molecule has 1 aromatic heterocycles. The number of rotatable bonds is 5. The Kier molecular flexibility index (Phi) is 4.79. The van der Waals surface area contributed by atoms with Gasteiger partial charge in [0, 0.05) is 29.2 Å². The molecule has 2 rings (SSSR count). The van der Waals surface area contributed by atoms with Gasteiger partial charge in [0.25, 0.3) is 0 Å². The van der Waals surface area contributed by atoms with Crippen LogP contribution in [0.25, 0.3) is 0 Å². The van der Waals surface area contributed by atoms with E-state index in [9.17, 15) is 4.79 Å². The van der Waals surface area contributed by atoms with Gasteiger partial charge < -0.3 is 15.2 Å². The highest BCUT2D eigenvalue weighted by molar-refractivity contribution is 9.10. The molecule has 0 saturated heterocycles. The van der Waals surface area contributed by atoms with Gasteiger partial charge in [-0.2, -0.15) is 0 Å². The molecule has 0 spiro atoms. The normalized spacial score (nSPS) is 10.3. The molecule has 5 nitrogen and oxygen atoms in total. The predicted octanol–water partition coefficient (Wildman–Crippen LogP) is 3.49. The fraction of sp³-hybridized carbons (Fsp3) is 0.286. The molecule has 0 fully saturated rings. The zero-order valence-corrected chi connectivity index (χ0v) is 13.0. The van der Waals surface area contributed by atoms with Crippen molar-refractivity contribution in [2.24, 2.45) is 0 Å². The molecule has 0 radical (unpaired) electrons. The number of halogens is 1. The summed E-state index contributed by atoms with van der Waals surface area (Å²) in [6.07, 6.45) is 0.363. The van der Waals surface area contributed by atoms with Gasteiger partial charge >= 0.3 is 0 Å². The Labute approximate surface area is 125 Å². The van der Waals surface area contributed by atoms with Crippen LogP contribution < -0.4 is 10.6 Å². The zero-order chi connectivity index (χ0) is 14.5. The van der Waals surface area contributed by atoms with Gasteiger partial charge in [-0.1, -0.05) is 21.1 Å². The number of aryl methyl sites for hydroxylation is 2. The molecule has 0 aliphatic heterocycles. The molecule has 106 valence electrons. The minimum atomic E-state index is -0.0967. The molecule has 0 saturated carbocycles. The first-order valence-corrected chi connectivity index (χ1v) is 7.07. The molecule has 1 amide bonds. The lowest BCUT2D eigenvalue weighted by Gasteiger charge is -2.09. The number of carbonyl (C=O) groups is 1. The third-order valence-electron chi connectivity index (χ3n) is 2.75. The number of nitrogens with one attached hydrogen (secondary N) is 2. The summed E-state index contributed by atoms with van der Waals surface area (Å²) in [5.74, 6) is 1.02. The lowest BCUT2D eigenvalue weighted by atomic mass is 10.2. The van der Waals surface area contributed by atoms with Crippen LogP contribution in [0, 0.1) is 13.8 Å². The summed E-state index contributed by atoms with van der Waals surface area (Å²) in [6.45, 7) is 4.36. The first kappa shape index (κ1) is 14.6. The van der Waals surface area contributed by atoms with E-state index in [1.165, 1.54) is 0 Å². The zero-order valence-electron chi connectivity index (χ0n) is 11.4. The van der Waals surface area contributed by atoms with Gasteiger partial charge in [0.1, 0.15) is 5.76 Å². The lowest BCUT2D eigenvalue weighted by Crippen LogP contribution is -2.16. The molecule has 2 N–H and O–H groups in total. The summed E-state index contributed by atoms with van der Waals surface area (Å²) in [4.78, 5) is 11.7. The van der Waals surface area contributed by atoms with Crippen molar-refractivity contribution in [2.45, 2.75) is 20.3 Å². The smallest absolute Gasteiger partial charge is 0.227 e. The average Bonchev–Trinajstić information content (AvgIpc) is 2.77. The molecular weight excluding hydrogens is 322 g/mol. The molecule has 2 aromatic rings. The van der Waals surface area contributed by atoms with E-state index < -0.39 is 0 Å². The van der Waals surface area contributed by atoms with Crippen molar-refractivity contribution in [3.05, 3.63) is 40.1 Å². The van der Waals surface area contributed by atoms with Crippen LogP contribution in [0.4, 0.5) is 11.5 Å². The van der Waals surface area contributed by atoms with Gasteiger partial charge in [-0.15, -0.1) is 0 Å². The highest BCUT2D eigenvalue weighted by Gasteiger charge is 2.06. The average molecular weight is 338 g/mol. The van der Waals surface area contributed by atoms with Crippen molar-refractivity contribution in [2.75, 3.05) is 17.2 Å². The molecule has 20 heavy (non-hydrogen) atoms. The van der Waals surface area contributed by atoms with Gasteiger partial charge in [-0.25, -0.2) is 0 Å². The molecular formula is C14H16BrN3O2. The van der Waals surface area contributed by atoms with Crippen molar-refractivity contribution < 1.29 is 9.32 Å². The second-order valence-corrected chi connectivity index (χ2v) is 5.42. The second-order valence-electron chi connectivity index (χ2n) is 4.51. The summed E-state index contributed by atoms with van der Waals surface area (Å²) in [5, 5.41) is 9.63. The van der Waals surface area contributed by atoms with E-state index >= 15 is 0 Å². The molecule has 0 unspecified atom stereocenters. The Morgan fingerprint density at radius 1 is 1.35 bits per heavy atom. The minimum Gasteiger partial charge on any atom is -0.384 e. The SMILES string of the molecule is Cc1cc(NC(=O)CCNc2ccc(Br)cc2C)no1. The van der Waals surface area contributed by atoms with Crippen LogP contribution in [0.2, 0.25) is 0 Å². The predicted molar refractivity (Wildman–Crippen MR) is 81.9 cm³/mol. The summed E-state index contributed by atoms with van der Waals surface area (Å²) in [6, 6.07) is 7.66. The van der Waals surface area contributed by atoms with Gasteiger partial charge in [0.05, 0.1) is 0 Å². The van der Waals surface area contributed by atoms with Crippen LogP contribution in [-0.2, 0) is 4.79 Å². The first-order valence-electron chi connectivity index (χ1n) is 6.28. The third kappa shape index (κ3) is 4.09. The van der Waals surface area contributed by atoms with Crippen LogP contribution >= 0.6 is 15.9 Å². The van der Waals surface area contributed by atoms with Crippen molar-refractivity contribution in [3.63, 3.8) is 0 Å². The number of aromatic nitrogens is 1. The fourth-order valence-electron chi connectivity index (χ4n) is 1.77.